The predicted octanol–water partition coefficient (Wildman–Crippen LogP) is 3.21. The molecular formula is C22H33N5O2. The van der Waals surface area contributed by atoms with Crippen LogP contribution in [-0.2, 0) is 22.7 Å². The number of hydrogen-bond donors (Lipinski definition) is 1. The standard InChI is InChI=1S/C22H33N5O2/c1-4-29-13-18-25-19-20(14(2)15(3)24-21(19)23)27(18)12-9-16-7-10-26(11-8-16)22(28)17-5-6-17/h16-17H,4-13H2,1-3H3,(H2,23,24). The first-order valence-corrected chi connectivity index (χ1v) is 11.0. The number of pyridine rings is 1. The van der Waals surface area contributed by atoms with Crippen LogP contribution in [0.4, 0.5) is 5.82 Å². The van der Waals surface area contributed by atoms with Gasteiger partial charge in [0.05, 0.1) is 5.52 Å². The molecule has 0 spiro atoms. The van der Waals surface area contributed by atoms with Crippen LogP contribution < -0.4 is 5.73 Å². The van der Waals surface area contributed by atoms with Gasteiger partial charge in [0, 0.05) is 37.9 Å². The number of nitrogen functional groups attached to an aromatic ring is 1. The molecule has 1 aliphatic heterocycles. The summed E-state index contributed by atoms with van der Waals surface area (Å²) in [7, 11) is 0. The second-order valence-corrected chi connectivity index (χ2v) is 8.55. The number of piperidine rings is 1. The zero-order chi connectivity index (χ0) is 20.5. The van der Waals surface area contributed by atoms with Crippen LogP contribution in [0.15, 0.2) is 0 Å². The van der Waals surface area contributed by atoms with Gasteiger partial charge in [0.15, 0.2) is 5.82 Å². The number of nitrogens with zero attached hydrogens (tertiary/aromatic N) is 4. The normalized spacial score (nSPS) is 18.0. The van der Waals surface area contributed by atoms with Gasteiger partial charge in [0.1, 0.15) is 17.9 Å². The van der Waals surface area contributed by atoms with Crippen LogP contribution in [0.1, 0.15) is 56.1 Å². The third-order valence-electron chi connectivity index (χ3n) is 6.52. The highest BCUT2D eigenvalue weighted by Gasteiger charge is 2.34. The van der Waals surface area contributed by atoms with Crippen molar-refractivity contribution in [1.29, 1.82) is 0 Å². The Hall–Kier alpha value is -2.15. The van der Waals surface area contributed by atoms with Gasteiger partial charge in [-0.3, -0.25) is 4.79 Å². The van der Waals surface area contributed by atoms with E-state index in [0.717, 1.165) is 79.9 Å². The van der Waals surface area contributed by atoms with E-state index in [-0.39, 0.29) is 0 Å². The lowest BCUT2D eigenvalue weighted by molar-refractivity contribution is -0.134. The fourth-order valence-electron chi connectivity index (χ4n) is 4.43. The topological polar surface area (TPSA) is 86.3 Å². The minimum absolute atomic E-state index is 0.329. The quantitative estimate of drug-likeness (QED) is 0.773. The summed E-state index contributed by atoms with van der Waals surface area (Å²) in [6, 6.07) is 0. The molecule has 0 aromatic carbocycles. The lowest BCUT2D eigenvalue weighted by atomic mass is 9.93. The van der Waals surface area contributed by atoms with E-state index in [0.29, 0.717) is 36.8 Å². The number of hydrogen-bond acceptors (Lipinski definition) is 5. The van der Waals surface area contributed by atoms with Gasteiger partial charge in [-0.25, -0.2) is 9.97 Å². The first-order valence-electron chi connectivity index (χ1n) is 11.0. The number of aromatic nitrogens is 3. The van der Waals surface area contributed by atoms with Crippen LogP contribution in [-0.4, -0.2) is 45.0 Å². The molecule has 2 aliphatic rings. The zero-order valence-electron chi connectivity index (χ0n) is 17.9. The summed E-state index contributed by atoms with van der Waals surface area (Å²) in [5.74, 6) is 2.76. The van der Waals surface area contributed by atoms with Gasteiger partial charge in [0.25, 0.3) is 0 Å². The molecule has 7 heteroatoms. The molecule has 0 unspecified atom stereocenters. The van der Waals surface area contributed by atoms with Crippen molar-refractivity contribution in [2.45, 2.75) is 66.0 Å². The van der Waals surface area contributed by atoms with E-state index < -0.39 is 0 Å². The van der Waals surface area contributed by atoms with Gasteiger partial charge >= 0.3 is 0 Å². The van der Waals surface area contributed by atoms with Crippen LogP contribution in [0.3, 0.4) is 0 Å². The van der Waals surface area contributed by atoms with Crippen LogP contribution in [0.5, 0.6) is 0 Å². The number of carbonyl (C=O) groups is 1. The number of nitrogens with two attached hydrogens (primary N) is 1. The second kappa shape index (κ2) is 8.30. The van der Waals surface area contributed by atoms with Gasteiger partial charge in [-0.1, -0.05) is 0 Å². The molecule has 1 amide bonds. The van der Waals surface area contributed by atoms with Crippen molar-refractivity contribution >= 4 is 22.8 Å². The molecular weight excluding hydrogens is 366 g/mol. The van der Waals surface area contributed by atoms with Crippen LogP contribution in [0, 0.1) is 25.7 Å². The van der Waals surface area contributed by atoms with E-state index in [1.165, 1.54) is 0 Å². The Balaban J connectivity index is 1.48. The van der Waals surface area contributed by atoms with E-state index >= 15 is 0 Å². The number of imidazole rings is 1. The molecule has 1 saturated heterocycles. The Labute approximate surface area is 172 Å². The molecule has 2 N–H and O–H groups in total. The van der Waals surface area contributed by atoms with Crippen molar-refractivity contribution < 1.29 is 9.53 Å². The van der Waals surface area contributed by atoms with Crippen molar-refractivity contribution in [2.24, 2.45) is 11.8 Å². The van der Waals surface area contributed by atoms with Crippen molar-refractivity contribution in [3.8, 4) is 0 Å². The number of ether oxygens (including phenoxy) is 1. The molecule has 3 heterocycles. The Morgan fingerprint density at radius 2 is 1.90 bits per heavy atom. The summed E-state index contributed by atoms with van der Waals surface area (Å²) in [6.45, 7) is 9.93. The molecule has 0 radical (unpaired) electrons. The SMILES string of the molecule is CCOCc1nc2c(N)nc(C)c(C)c2n1CCC1CCN(C(=O)C2CC2)CC1. The number of carbonyl (C=O) groups excluding carboxylic acids is 1. The Morgan fingerprint density at radius 3 is 2.55 bits per heavy atom. The molecule has 1 aliphatic carbocycles. The van der Waals surface area contributed by atoms with Gasteiger partial charge in [0.2, 0.25) is 5.91 Å². The maximum Gasteiger partial charge on any atom is 0.225 e. The van der Waals surface area contributed by atoms with E-state index in [1.54, 1.807) is 0 Å². The fraction of sp³-hybridized carbons (Fsp3) is 0.682. The van der Waals surface area contributed by atoms with Gasteiger partial charge < -0.3 is 19.9 Å². The number of rotatable bonds is 7. The Kier molecular flexibility index (Phi) is 5.76. The van der Waals surface area contributed by atoms with Crippen LogP contribution in [0.2, 0.25) is 0 Å². The van der Waals surface area contributed by atoms with Crippen molar-refractivity contribution in [2.75, 3.05) is 25.4 Å². The first kappa shape index (κ1) is 20.1. The van der Waals surface area contributed by atoms with Crippen molar-refractivity contribution in [3.05, 3.63) is 17.1 Å². The summed E-state index contributed by atoms with van der Waals surface area (Å²) in [5, 5.41) is 0. The highest BCUT2D eigenvalue weighted by molar-refractivity contribution is 5.88. The molecule has 0 atom stereocenters. The lowest BCUT2D eigenvalue weighted by Crippen LogP contribution is -2.39. The first-order chi connectivity index (χ1) is 14.0. The minimum Gasteiger partial charge on any atom is -0.382 e. The molecule has 0 bridgehead atoms. The molecule has 2 aromatic rings. The average Bonchev–Trinajstić information content (AvgIpc) is 3.50. The zero-order valence-corrected chi connectivity index (χ0v) is 17.9. The summed E-state index contributed by atoms with van der Waals surface area (Å²) >= 11 is 0. The van der Waals surface area contributed by atoms with Crippen molar-refractivity contribution in [1.82, 2.24) is 19.4 Å². The van der Waals surface area contributed by atoms with E-state index in [9.17, 15) is 4.79 Å². The molecule has 7 nitrogen and oxygen atoms in total. The second-order valence-electron chi connectivity index (χ2n) is 8.55. The molecule has 2 fully saturated rings. The minimum atomic E-state index is 0.329. The fourth-order valence-corrected chi connectivity index (χ4v) is 4.43. The summed E-state index contributed by atoms with van der Waals surface area (Å²) < 4.78 is 7.96. The number of aryl methyl sites for hydroxylation is 3. The largest absolute Gasteiger partial charge is 0.382 e. The maximum atomic E-state index is 12.3. The predicted molar refractivity (Wildman–Crippen MR) is 113 cm³/mol. The molecule has 4 rings (SSSR count). The third-order valence-corrected chi connectivity index (χ3v) is 6.52. The average molecular weight is 400 g/mol. The van der Waals surface area contributed by atoms with Gasteiger partial charge in [-0.15, -0.1) is 0 Å². The summed E-state index contributed by atoms with van der Waals surface area (Å²) in [4.78, 5) is 23.6. The smallest absolute Gasteiger partial charge is 0.225 e. The highest BCUT2D eigenvalue weighted by atomic mass is 16.5. The number of fused-ring (bicyclic) bond motifs is 1. The third kappa shape index (κ3) is 4.10. The number of likely N-dealkylation sites (tertiary alicyclic amines) is 1. The molecule has 2 aromatic heterocycles. The summed E-state index contributed by atoms with van der Waals surface area (Å²) in [6.07, 6.45) is 5.44. The molecule has 158 valence electrons. The van der Waals surface area contributed by atoms with Crippen LogP contribution >= 0.6 is 0 Å². The summed E-state index contributed by atoms with van der Waals surface area (Å²) in [5.41, 5.74) is 10.1. The Morgan fingerprint density at radius 1 is 1.17 bits per heavy atom. The monoisotopic (exact) mass is 399 g/mol. The van der Waals surface area contributed by atoms with Crippen LogP contribution in [0.25, 0.3) is 11.0 Å². The van der Waals surface area contributed by atoms with Gasteiger partial charge in [-0.2, -0.15) is 0 Å². The molecule has 1 saturated carbocycles. The maximum absolute atomic E-state index is 12.3. The van der Waals surface area contributed by atoms with E-state index in [4.69, 9.17) is 15.5 Å². The Bertz CT molecular complexity index is 894. The lowest BCUT2D eigenvalue weighted by Gasteiger charge is -2.32. The number of anilines is 1. The highest BCUT2D eigenvalue weighted by Crippen LogP contribution is 2.33. The van der Waals surface area contributed by atoms with E-state index in [2.05, 4.69) is 21.4 Å². The van der Waals surface area contributed by atoms with E-state index in [1.807, 2.05) is 13.8 Å². The van der Waals surface area contributed by atoms with Gasteiger partial charge in [-0.05, 0) is 64.4 Å². The number of amides is 1. The molecule has 29 heavy (non-hydrogen) atoms. The van der Waals surface area contributed by atoms with Crippen molar-refractivity contribution in [3.63, 3.8) is 0 Å².